The number of nitrogens with zero attached hydrogens (tertiary/aromatic N) is 5. The zero-order chi connectivity index (χ0) is 29.1. The molecule has 3 aromatic rings. The van der Waals surface area contributed by atoms with Gasteiger partial charge in [0.15, 0.2) is 0 Å². The zero-order valence-corrected chi connectivity index (χ0v) is 23.2. The van der Waals surface area contributed by atoms with E-state index in [9.17, 15) is 24.5 Å². The number of benzene rings is 3. The lowest BCUT2D eigenvalue weighted by Crippen LogP contribution is -2.57. The lowest BCUT2D eigenvalue weighted by atomic mass is 9.85. The highest BCUT2D eigenvalue weighted by molar-refractivity contribution is 5.98. The summed E-state index contributed by atoms with van der Waals surface area (Å²) in [7, 11) is 1.74. The molecule has 212 valence electrons. The van der Waals surface area contributed by atoms with Crippen LogP contribution in [-0.4, -0.2) is 76.2 Å². The molecule has 2 heterocycles. The van der Waals surface area contributed by atoms with Gasteiger partial charge in [-0.05, 0) is 43.5 Å². The Bertz CT molecular complexity index is 1450. The molecule has 2 aliphatic heterocycles. The fraction of sp³-hybridized carbons (Fsp3) is 0.323. The Morgan fingerprint density at radius 1 is 0.976 bits per heavy atom. The van der Waals surface area contributed by atoms with Crippen molar-refractivity contribution in [3.8, 4) is 0 Å². The SMILES string of the molecule is Cc1ccc(C(=O)N2CCC3(CC2)C(=O)N(CC(=O)N(C)Cc2ccccc2)CN3c2ccccc2)cc1[N+](=O)[O-]. The summed E-state index contributed by atoms with van der Waals surface area (Å²) < 4.78 is 0. The van der Waals surface area contributed by atoms with Crippen LogP contribution in [0.3, 0.4) is 0 Å². The molecule has 2 fully saturated rings. The van der Waals surface area contributed by atoms with E-state index in [1.165, 1.54) is 6.07 Å². The Hall–Kier alpha value is -4.73. The fourth-order valence-corrected chi connectivity index (χ4v) is 5.75. The van der Waals surface area contributed by atoms with Crippen LogP contribution in [0.2, 0.25) is 0 Å². The predicted molar refractivity (Wildman–Crippen MR) is 154 cm³/mol. The first-order chi connectivity index (χ1) is 19.7. The van der Waals surface area contributed by atoms with Crippen LogP contribution < -0.4 is 4.90 Å². The van der Waals surface area contributed by atoms with Gasteiger partial charge < -0.3 is 19.6 Å². The summed E-state index contributed by atoms with van der Waals surface area (Å²) in [6, 6.07) is 23.8. The van der Waals surface area contributed by atoms with Crippen molar-refractivity contribution in [1.29, 1.82) is 0 Å². The monoisotopic (exact) mass is 555 g/mol. The maximum absolute atomic E-state index is 14.0. The van der Waals surface area contributed by atoms with Gasteiger partial charge in [0, 0.05) is 49.6 Å². The first-order valence-electron chi connectivity index (χ1n) is 13.6. The number of hydrogen-bond donors (Lipinski definition) is 0. The fourth-order valence-electron chi connectivity index (χ4n) is 5.75. The van der Waals surface area contributed by atoms with Crippen LogP contribution in [0.25, 0.3) is 0 Å². The third-order valence-corrected chi connectivity index (χ3v) is 8.13. The van der Waals surface area contributed by atoms with E-state index in [0.717, 1.165) is 11.3 Å². The Labute approximate surface area is 238 Å². The van der Waals surface area contributed by atoms with Gasteiger partial charge in [0.25, 0.3) is 17.5 Å². The van der Waals surface area contributed by atoms with Crippen molar-refractivity contribution >= 4 is 29.1 Å². The van der Waals surface area contributed by atoms with E-state index in [1.807, 2.05) is 60.7 Å². The molecule has 0 atom stereocenters. The quantitative estimate of drug-likeness (QED) is 0.324. The van der Waals surface area contributed by atoms with Crippen LogP contribution in [0.1, 0.15) is 34.3 Å². The molecule has 2 saturated heterocycles. The third-order valence-electron chi connectivity index (χ3n) is 8.13. The zero-order valence-electron chi connectivity index (χ0n) is 23.2. The van der Waals surface area contributed by atoms with E-state index < -0.39 is 10.5 Å². The van der Waals surface area contributed by atoms with E-state index in [1.54, 1.807) is 40.8 Å². The molecule has 2 aliphatic rings. The van der Waals surface area contributed by atoms with Crippen LogP contribution in [0.5, 0.6) is 0 Å². The van der Waals surface area contributed by atoms with Gasteiger partial charge in [-0.25, -0.2) is 0 Å². The highest BCUT2D eigenvalue weighted by atomic mass is 16.6. The molecule has 0 bridgehead atoms. The number of carbonyl (C=O) groups excluding carboxylic acids is 3. The van der Waals surface area contributed by atoms with Crippen molar-refractivity contribution in [3.63, 3.8) is 0 Å². The molecule has 41 heavy (non-hydrogen) atoms. The van der Waals surface area contributed by atoms with Crippen LogP contribution in [0.15, 0.2) is 78.9 Å². The average Bonchev–Trinajstić information content (AvgIpc) is 3.24. The highest BCUT2D eigenvalue weighted by Crippen LogP contribution is 2.40. The van der Waals surface area contributed by atoms with E-state index in [-0.39, 0.29) is 42.2 Å². The summed E-state index contributed by atoms with van der Waals surface area (Å²) in [5, 5.41) is 11.4. The van der Waals surface area contributed by atoms with Crippen LogP contribution in [0.4, 0.5) is 11.4 Å². The molecule has 0 saturated carbocycles. The number of likely N-dealkylation sites (N-methyl/N-ethyl adjacent to an activating group) is 1. The Morgan fingerprint density at radius 2 is 1.61 bits per heavy atom. The first-order valence-corrected chi connectivity index (χ1v) is 13.6. The second-order valence-corrected chi connectivity index (χ2v) is 10.7. The number of amides is 3. The number of nitro benzene ring substituents is 1. The maximum atomic E-state index is 14.0. The minimum atomic E-state index is -0.893. The van der Waals surface area contributed by atoms with Crippen molar-refractivity contribution < 1.29 is 19.3 Å². The topological polar surface area (TPSA) is 107 Å². The molecule has 0 radical (unpaired) electrons. The molecular formula is C31H33N5O5. The lowest BCUT2D eigenvalue weighted by Gasteiger charge is -2.43. The Morgan fingerprint density at radius 3 is 2.24 bits per heavy atom. The second-order valence-electron chi connectivity index (χ2n) is 10.7. The van der Waals surface area contributed by atoms with Crippen molar-refractivity contribution in [2.45, 2.75) is 31.8 Å². The molecule has 0 N–H and O–H groups in total. The van der Waals surface area contributed by atoms with E-state index in [4.69, 9.17) is 0 Å². The minimum absolute atomic E-state index is 0.0388. The van der Waals surface area contributed by atoms with Crippen LogP contribution >= 0.6 is 0 Å². The molecule has 10 nitrogen and oxygen atoms in total. The number of nitro groups is 1. The molecule has 3 amide bonds. The van der Waals surface area contributed by atoms with Gasteiger partial charge in [0.05, 0.1) is 11.6 Å². The van der Waals surface area contributed by atoms with E-state index >= 15 is 0 Å². The number of piperidine rings is 1. The van der Waals surface area contributed by atoms with Crippen molar-refractivity contribution in [1.82, 2.24) is 14.7 Å². The smallest absolute Gasteiger partial charge is 0.273 e. The summed E-state index contributed by atoms with van der Waals surface area (Å²) in [6.07, 6.45) is 0.760. The lowest BCUT2D eigenvalue weighted by molar-refractivity contribution is -0.385. The average molecular weight is 556 g/mol. The standard InChI is InChI=1S/C31H33N5O5/c1-23-13-14-25(19-27(23)36(40)41)29(38)33-17-15-31(16-18-33)30(39)34(22-35(31)26-11-7-4-8-12-26)21-28(37)32(2)20-24-9-5-3-6-10-24/h3-14,19H,15-18,20-22H2,1-2H3. The highest BCUT2D eigenvalue weighted by Gasteiger charge is 2.54. The minimum Gasteiger partial charge on any atom is -0.340 e. The molecule has 10 heteroatoms. The molecular weight excluding hydrogens is 522 g/mol. The Kier molecular flexibility index (Phi) is 7.74. The molecule has 5 rings (SSSR count). The van der Waals surface area contributed by atoms with E-state index in [0.29, 0.717) is 38.0 Å². The number of rotatable bonds is 7. The summed E-state index contributed by atoms with van der Waals surface area (Å²) in [5.74, 6) is -0.573. The maximum Gasteiger partial charge on any atom is 0.273 e. The summed E-state index contributed by atoms with van der Waals surface area (Å²) in [6.45, 7) is 2.94. The van der Waals surface area contributed by atoms with Crippen LogP contribution in [0, 0.1) is 17.0 Å². The Balaban J connectivity index is 1.33. The van der Waals surface area contributed by atoms with Gasteiger partial charge in [-0.1, -0.05) is 54.6 Å². The molecule has 3 aromatic carbocycles. The van der Waals surface area contributed by atoms with Gasteiger partial charge in [-0.15, -0.1) is 0 Å². The molecule has 1 spiro atoms. The number of carbonyl (C=O) groups is 3. The van der Waals surface area contributed by atoms with Gasteiger partial charge >= 0.3 is 0 Å². The predicted octanol–water partition coefficient (Wildman–Crippen LogP) is 3.84. The van der Waals surface area contributed by atoms with Gasteiger partial charge in [-0.3, -0.25) is 24.5 Å². The number of likely N-dealkylation sites (tertiary alicyclic amines) is 1. The summed E-state index contributed by atoms with van der Waals surface area (Å²) in [4.78, 5) is 58.3. The summed E-state index contributed by atoms with van der Waals surface area (Å²) >= 11 is 0. The third kappa shape index (κ3) is 5.50. The normalized spacial score (nSPS) is 16.2. The van der Waals surface area contributed by atoms with Gasteiger partial charge in [0.2, 0.25) is 5.91 Å². The number of hydrogen-bond acceptors (Lipinski definition) is 6. The molecule has 0 aromatic heterocycles. The number of aryl methyl sites for hydroxylation is 1. The van der Waals surface area contributed by atoms with Gasteiger partial charge in [-0.2, -0.15) is 0 Å². The molecule has 0 aliphatic carbocycles. The summed E-state index contributed by atoms with van der Waals surface area (Å²) in [5.41, 5.74) is 1.64. The largest absolute Gasteiger partial charge is 0.340 e. The van der Waals surface area contributed by atoms with E-state index in [2.05, 4.69) is 4.90 Å². The number of para-hydroxylation sites is 1. The second kappa shape index (κ2) is 11.4. The van der Waals surface area contributed by atoms with Crippen LogP contribution in [-0.2, 0) is 16.1 Å². The van der Waals surface area contributed by atoms with Crippen molar-refractivity contribution in [2.75, 3.05) is 38.3 Å². The first kappa shape index (κ1) is 27.8. The number of anilines is 1. The van der Waals surface area contributed by atoms with Crippen molar-refractivity contribution in [2.24, 2.45) is 0 Å². The molecule has 0 unspecified atom stereocenters. The van der Waals surface area contributed by atoms with Crippen molar-refractivity contribution in [3.05, 3.63) is 106 Å². The van der Waals surface area contributed by atoms with Gasteiger partial charge in [0.1, 0.15) is 12.1 Å².